The van der Waals surface area contributed by atoms with Crippen molar-refractivity contribution in [1.82, 2.24) is 9.13 Å². The summed E-state index contributed by atoms with van der Waals surface area (Å²) in [5.41, 5.74) is 11.9. The summed E-state index contributed by atoms with van der Waals surface area (Å²) >= 11 is 0. The van der Waals surface area contributed by atoms with Crippen LogP contribution >= 0.6 is 0 Å². The SMILES string of the molecule is O=c1c2ccc(-n3c4ccccc4c4cc5c6ccccc6n(-c6ccccc6)c5cc43)cc2oc2ccc(-c3cccc(-c4ccccc4)c3)cc12. The second kappa shape index (κ2) is 11.4. The highest BCUT2D eigenvalue weighted by molar-refractivity contribution is 6.19. The second-order valence-electron chi connectivity index (χ2n) is 13.7. The Morgan fingerprint density at radius 1 is 0.321 bits per heavy atom. The van der Waals surface area contributed by atoms with Gasteiger partial charge < -0.3 is 13.6 Å². The Labute approximate surface area is 304 Å². The third-order valence-electron chi connectivity index (χ3n) is 10.7. The van der Waals surface area contributed by atoms with Gasteiger partial charge in [0.15, 0.2) is 0 Å². The highest BCUT2D eigenvalue weighted by atomic mass is 16.3. The largest absolute Gasteiger partial charge is 0.456 e. The molecule has 0 aliphatic heterocycles. The summed E-state index contributed by atoms with van der Waals surface area (Å²) in [7, 11) is 0. The molecule has 0 spiro atoms. The van der Waals surface area contributed by atoms with Crippen molar-refractivity contribution in [3.05, 3.63) is 192 Å². The quantitative estimate of drug-likeness (QED) is 0.174. The van der Waals surface area contributed by atoms with Crippen molar-refractivity contribution < 1.29 is 4.42 Å². The Morgan fingerprint density at radius 3 is 1.62 bits per heavy atom. The molecular formula is C49H30N2O2. The molecule has 0 N–H and O–H groups in total. The zero-order valence-corrected chi connectivity index (χ0v) is 28.5. The van der Waals surface area contributed by atoms with E-state index in [0.29, 0.717) is 21.9 Å². The van der Waals surface area contributed by atoms with Gasteiger partial charge in [0.05, 0.1) is 32.8 Å². The van der Waals surface area contributed by atoms with Gasteiger partial charge in [-0.3, -0.25) is 4.79 Å². The van der Waals surface area contributed by atoms with Gasteiger partial charge in [0.25, 0.3) is 0 Å². The van der Waals surface area contributed by atoms with E-state index < -0.39 is 0 Å². The maximum absolute atomic E-state index is 14.1. The lowest BCUT2D eigenvalue weighted by atomic mass is 9.98. The number of benzene rings is 8. The van der Waals surface area contributed by atoms with Crippen LogP contribution in [-0.2, 0) is 0 Å². The fourth-order valence-electron chi connectivity index (χ4n) is 8.23. The zero-order valence-electron chi connectivity index (χ0n) is 28.5. The fourth-order valence-corrected chi connectivity index (χ4v) is 8.23. The van der Waals surface area contributed by atoms with Crippen molar-refractivity contribution >= 4 is 65.6 Å². The Bertz CT molecular complexity index is 3300. The molecule has 0 aliphatic carbocycles. The molecule has 248 valence electrons. The van der Waals surface area contributed by atoms with Crippen LogP contribution < -0.4 is 5.43 Å². The summed E-state index contributed by atoms with van der Waals surface area (Å²) in [6, 6.07) is 63.0. The molecule has 0 bridgehead atoms. The van der Waals surface area contributed by atoms with Crippen LogP contribution in [0.3, 0.4) is 0 Å². The molecule has 3 aromatic heterocycles. The number of hydrogen-bond acceptors (Lipinski definition) is 2. The van der Waals surface area contributed by atoms with Crippen LogP contribution in [0.1, 0.15) is 0 Å². The van der Waals surface area contributed by atoms with Crippen molar-refractivity contribution in [2.45, 2.75) is 0 Å². The molecule has 0 fully saturated rings. The van der Waals surface area contributed by atoms with E-state index >= 15 is 0 Å². The van der Waals surface area contributed by atoms with Gasteiger partial charge in [-0.15, -0.1) is 0 Å². The minimum absolute atomic E-state index is 0.0369. The van der Waals surface area contributed by atoms with Gasteiger partial charge >= 0.3 is 0 Å². The van der Waals surface area contributed by atoms with E-state index in [4.69, 9.17) is 4.42 Å². The number of nitrogens with zero attached hydrogens (tertiary/aromatic N) is 2. The van der Waals surface area contributed by atoms with Crippen LogP contribution in [0.5, 0.6) is 0 Å². The molecule has 11 aromatic rings. The van der Waals surface area contributed by atoms with E-state index in [-0.39, 0.29) is 5.43 Å². The van der Waals surface area contributed by atoms with E-state index in [0.717, 1.165) is 50.2 Å². The van der Waals surface area contributed by atoms with Gasteiger partial charge in [-0.05, 0) is 89.0 Å². The summed E-state index contributed by atoms with van der Waals surface area (Å²) in [5, 5.41) is 5.90. The molecule has 4 nitrogen and oxygen atoms in total. The molecule has 0 atom stereocenters. The van der Waals surface area contributed by atoms with Crippen molar-refractivity contribution in [3.63, 3.8) is 0 Å². The van der Waals surface area contributed by atoms with E-state index in [9.17, 15) is 4.79 Å². The first-order valence-electron chi connectivity index (χ1n) is 17.9. The average Bonchev–Trinajstić information content (AvgIpc) is 3.72. The van der Waals surface area contributed by atoms with Crippen LogP contribution in [0.2, 0.25) is 0 Å². The predicted octanol–water partition coefficient (Wildman–Crippen LogP) is 12.5. The molecule has 3 heterocycles. The molecule has 0 radical (unpaired) electrons. The average molecular weight is 679 g/mol. The maximum Gasteiger partial charge on any atom is 0.200 e. The van der Waals surface area contributed by atoms with E-state index in [1.54, 1.807) is 0 Å². The van der Waals surface area contributed by atoms with E-state index in [2.05, 4.69) is 137 Å². The number of rotatable bonds is 4. The molecule has 0 saturated heterocycles. The molecule has 0 unspecified atom stereocenters. The highest BCUT2D eigenvalue weighted by Gasteiger charge is 2.19. The van der Waals surface area contributed by atoms with Gasteiger partial charge in [-0.25, -0.2) is 0 Å². The van der Waals surface area contributed by atoms with Gasteiger partial charge in [0.2, 0.25) is 5.43 Å². The number of aromatic nitrogens is 2. The minimum atomic E-state index is -0.0369. The molecule has 8 aromatic carbocycles. The first kappa shape index (κ1) is 29.5. The molecular weight excluding hydrogens is 649 g/mol. The Hall–Kier alpha value is -7.17. The van der Waals surface area contributed by atoms with Gasteiger partial charge in [0.1, 0.15) is 11.2 Å². The topological polar surface area (TPSA) is 40.1 Å². The lowest BCUT2D eigenvalue weighted by Gasteiger charge is -2.11. The second-order valence-corrected chi connectivity index (χ2v) is 13.7. The Balaban J connectivity index is 1.10. The van der Waals surface area contributed by atoms with Gasteiger partial charge in [-0.1, -0.05) is 109 Å². The molecule has 0 amide bonds. The molecule has 11 rings (SSSR count). The number of hydrogen-bond donors (Lipinski definition) is 0. The molecule has 53 heavy (non-hydrogen) atoms. The smallest absolute Gasteiger partial charge is 0.200 e. The first-order valence-corrected chi connectivity index (χ1v) is 17.9. The molecule has 0 saturated carbocycles. The van der Waals surface area contributed by atoms with Crippen molar-refractivity contribution in [2.75, 3.05) is 0 Å². The monoisotopic (exact) mass is 678 g/mol. The summed E-state index contributed by atoms with van der Waals surface area (Å²) in [4.78, 5) is 14.1. The van der Waals surface area contributed by atoms with Crippen molar-refractivity contribution in [2.24, 2.45) is 0 Å². The van der Waals surface area contributed by atoms with Crippen LogP contribution in [0.15, 0.2) is 191 Å². The maximum atomic E-state index is 14.1. The predicted molar refractivity (Wildman–Crippen MR) is 220 cm³/mol. The number of fused-ring (bicyclic) bond motifs is 8. The highest BCUT2D eigenvalue weighted by Crippen LogP contribution is 2.40. The lowest BCUT2D eigenvalue weighted by Crippen LogP contribution is -2.03. The molecule has 4 heteroatoms. The van der Waals surface area contributed by atoms with Crippen LogP contribution in [0, 0.1) is 0 Å². The van der Waals surface area contributed by atoms with Crippen molar-refractivity contribution in [3.8, 4) is 33.6 Å². The van der Waals surface area contributed by atoms with Crippen LogP contribution in [0.25, 0.3) is 99.2 Å². The van der Waals surface area contributed by atoms with Crippen LogP contribution in [-0.4, -0.2) is 9.13 Å². The third-order valence-corrected chi connectivity index (χ3v) is 10.7. The standard InChI is InChI=1S/C49H30N2O2/c52-49-39-24-23-36(28-48(39)53-47-25-22-34(27-42(47)49)33-15-11-14-32(26-33)31-12-3-1-4-13-31)51-44-21-10-8-19-38(44)41-29-40-37-18-7-9-20-43(37)50(45(40)30-46(41)51)35-16-5-2-6-17-35/h1-30H. The summed E-state index contributed by atoms with van der Waals surface area (Å²) in [6.07, 6.45) is 0. The van der Waals surface area contributed by atoms with E-state index in [1.165, 1.54) is 27.1 Å². The zero-order chi connectivity index (χ0) is 35.0. The Kier molecular flexibility index (Phi) is 6.37. The van der Waals surface area contributed by atoms with Gasteiger partial charge in [0, 0.05) is 39.0 Å². The fraction of sp³-hybridized carbons (Fsp3) is 0. The van der Waals surface area contributed by atoms with Gasteiger partial charge in [-0.2, -0.15) is 0 Å². The third kappa shape index (κ3) is 4.52. The lowest BCUT2D eigenvalue weighted by molar-refractivity contribution is 0.659. The normalized spacial score (nSPS) is 11.8. The summed E-state index contributed by atoms with van der Waals surface area (Å²) in [6.45, 7) is 0. The summed E-state index contributed by atoms with van der Waals surface area (Å²) in [5.74, 6) is 0. The Morgan fingerprint density at radius 2 is 0.906 bits per heavy atom. The van der Waals surface area contributed by atoms with Crippen LogP contribution in [0.4, 0.5) is 0 Å². The van der Waals surface area contributed by atoms with E-state index in [1.807, 2.05) is 54.6 Å². The summed E-state index contributed by atoms with van der Waals surface area (Å²) < 4.78 is 11.2. The first-order chi connectivity index (χ1) is 26.2. The molecule has 0 aliphatic rings. The van der Waals surface area contributed by atoms with Crippen molar-refractivity contribution in [1.29, 1.82) is 0 Å². The number of para-hydroxylation sites is 3. The minimum Gasteiger partial charge on any atom is -0.456 e.